The predicted molar refractivity (Wildman–Crippen MR) is 183 cm³/mol. The SMILES string of the molecule is C.CCO.COS(=O)(=O)[O-].C[N+]1(C)CCN(c2cc(N)ccc2N)CC1.C[N+]1(C)CCN(c2cc(N)ccc2[N+](=O)[O-])CC1.[CH3-].[Cl-].[Pd]. The number of aliphatic hydroxyl groups is 1. The normalized spacial score (nSPS) is 15.7. The molecule has 2 aromatic rings. The number of hydrogen-bond donors (Lipinski definition) is 4. The number of piperazine rings is 2. The third-order valence-corrected chi connectivity index (χ3v) is 7.45. The van der Waals surface area contributed by atoms with Gasteiger partial charge in [0.25, 0.3) is 5.69 Å². The zero-order valence-corrected chi connectivity index (χ0v) is 30.9. The van der Waals surface area contributed by atoms with Gasteiger partial charge in [0.2, 0.25) is 10.4 Å². The van der Waals surface area contributed by atoms with Crippen LogP contribution in [0.2, 0.25) is 0 Å². The van der Waals surface area contributed by atoms with E-state index in [2.05, 4.69) is 42.2 Å². The van der Waals surface area contributed by atoms with E-state index in [4.69, 9.17) is 22.3 Å². The molecular formula is C29H56ClN8O7PdS-. The van der Waals surface area contributed by atoms with E-state index in [0.717, 1.165) is 85.5 Å². The van der Waals surface area contributed by atoms with Crippen molar-refractivity contribution in [2.45, 2.75) is 14.4 Å². The molecule has 2 aliphatic heterocycles. The molecule has 0 bridgehead atoms. The monoisotopic (exact) mass is 801 g/mol. The molecule has 2 fully saturated rings. The number of anilines is 5. The Morgan fingerprint density at radius 3 is 1.53 bits per heavy atom. The molecule has 2 heterocycles. The van der Waals surface area contributed by atoms with Crippen molar-refractivity contribution in [1.29, 1.82) is 0 Å². The van der Waals surface area contributed by atoms with Crippen LogP contribution in [0.25, 0.3) is 0 Å². The molecule has 2 saturated heterocycles. The first kappa shape index (κ1) is 51.4. The standard InChI is InChI=1S/C12H19N4O2.C12H21N4.C2H6O.CH4O4S.CH4.CH3.ClH.Pd/c1-16(2)7-5-14(6-8-16)12-9-10(13)3-4-11(12)15(17)18;1-16(2)7-5-15(6-8-16)12-9-10(13)3-4-11(12)14;1-2-3;1-5-6(2,3)4;;;;/h3-4,9H,5-8,13H2,1-2H3;3-4,9H,5-8,13-14H2,1-2H3;3H,2H2,1H3;1H3,(H,2,3,4);1H4;1H3;1H;/q2*+1;;;;-1;;/p-2. The van der Waals surface area contributed by atoms with E-state index in [0.29, 0.717) is 11.4 Å². The van der Waals surface area contributed by atoms with Crippen LogP contribution in [0.4, 0.5) is 34.1 Å². The summed E-state index contributed by atoms with van der Waals surface area (Å²) in [6.07, 6.45) is 0. The number of rotatable bonds is 4. The second-order valence-corrected chi connectivity index (χ2v) is 12.6. The Labute approximate surface area is 302 Å². The topological polar surface area (TPSA) is 214 Å². The van der Waals surface area contributed by atoms with Crippen LogP contribution in [0, 0.1) is 17.5 Å². The van der Waals surface area contributed by atoms with Crippen LogP contribution < -0.4 is 39.4 Å². The first-order valence-corrected chi connectivity index (χ1v) is 15.1. The molecule has 0 saturated carbocycles. The van der Waals surface area contributed by atoms with E-state index < -0.39 is 10.4 Å². The summed E-state index contributed by atoms with van der Waals surface area (Å²) in [7, 11) is 5.27. The molecule has 7 N–H and O–H groups in total. The molecule has 0 atom stereocenters. The van der Waals surface area contributed by atoms with Crippen LogP contribution in [0.5, 0.6) is 0 Å². The molecule has 2 aliphatic rings. The Morgan fingerprint density at radius 1 is 0.872 bits per heavy atom. The summed E-state index contributed by atoms with van der Waals surface area (Å²) >= 11 is 0. The molecule has 0 aliphatic carbocycles. The number of aliphatic hydroxyl groups excluding tert-OH is 1. The van der Waals surface area contributed by atoms with E-state index in [9.17, 15) is 23.1 Å². The fourth-order valence-corrected chi connectivity index (χ4v) is 4.28. The van der Waals surface area contributed by atoms with Gasteiger partial charge in [-0.3, -0.25) is 14.3 Å². The van der Waals surface area contributed by atoms with Crippen molar-refractivity contribution in [3.63, 3.8) is 0 Å². The van der Waals surface area contributed by atoms with Crippen LogP contribution in [0.3, 0.4) is 0 Å². The Hall–Kier alpha value is -2.46. The van der Waals surface area contributed by atoms with Gasteiger partial charge in [0.1, 0.15) is 5.69 Å². The van der Waals surface area contributed by atoms with E-state index in [1.165, 1.54) is 6.07 Å². The number of benzene rings is 2. The zero-order chi connectivity index (χ0) is 33.0. The summed E-state index contributed by atoms with van der Waals surface area (Å²) in [4.78, 5) is 15.1. The van der Waals surface area contributed by atoms with E-state index in [1.807, 2.05) is 18.2 Å². The van der Waals surface area contributed by atoms with Crippen LogP contribution in [0.15, 0.2) is 36.4 Å². The molecular weight excluding hydrogens is 746 g/mol. The number of nitrogens with two attached hydrogens (primary N) is 3. The first-order chi connectivity index (χ1) is 19.8. The Kier molecular flexibility index (Phi) is 25.1. The van der Waals surface area contributed by atoms with Crippen molar-refractivity contribution in [3.8, 4) is 0 Å². The Balaban J connectivity index is -0.000000295. The predicted octanol–water partition coefficient (Wildman–Crippen LogP) is -1.000. The van der Waals surface area contributed by atoms with Crippen LogP contribution in [0.1, 0.15) is 14.4 Å². The molecule has 0 aromatic heterocycles. The summed E-state index contributed by atoms with van der Waals surface area (Å²) in [5.74, 6) is 0. The Bertz CT molecular complexity index is 1290. The molecule has 0 amide bonds. The van der Waals surface area contributed by atoms with Crippen LogP contribution >= 0.6 is 0 Å². The zero-order valence-electron chi connectivity index (χ0n) is 27.8. The average Bonchev–Trinajstić information content (AvgIpc) is 2.91. The number of nitro benzene ring substituents is 1. The van der Waals surface area contributed by atoms with Gasteiger partial charge in [-0.05, 0) is 37.3 Å². The van der Waals surface area contributed by atoms with Crippen molar-refractivity contribution in [1.82, 2.24) is 0 Å². The largest absolute Gasteiger partial charge is 1.00 e. The third kappa shape index (κ3) is 19.2. The number of quaternary nitrogens is 2. The Morgan fingerprint density at radius 2 is 1.19 bits per heavy atom. The van der Waals surface area contributed by atoms with Gasteiger partial charge in [0.05, 0.1) is 104 Å². The van der Waals surface area contributed by atoms with Crippen LogP contribution in [-0.4, -0.2) is 126 Å². The fraction of sp³-hybridized carbons (Fsp3) is 0.552. The van der Waals surface area contributed by atoms with Gasteiger partial charge in [-0.2, -0.15) is 0 Å². The minimum absolute atomic E-state index is 0. The van der Waals surface area contributed by atoms with E-state index in [1.54, 1.807) is 19.1 Å². The van der Waals surface area contributed by atoms with Crippen molar-refractivity contribution in [3.05, 3.63) is 53.9 Å². The summed E-state index contributed by atoms with van der Waals surface area (Å²) in [6.45, 7) is 9.90. The summed E-state index contributed by atoms with van der Waals surface area (Å²) in [6, 6.07) is 10.5. The van der Waals surface area contributed by atoms with Gasteiger partial charge in [-0.1, -0.05) is 7.43 Å². The minimum Gasteiger partial charge on any atom is -1.00 e. The maximum Gasteiger partial charge on any atom is 0.292 e. The van der Waals surface area contributed by atoms with Gasteiger partial charge in [-0.25, -0.2) is 8.42 Å². The van der Waals surface area contributed by atoms with Gasteiger partial charge in [0.15, 0.2) is 0 Å². The second-order valence-electron chi connectivity index (χ2n) is 11.5. The number of nitro groups is 1. The summed E-state index contributed by atoms with van der Waals surface area (Å²) in [5.41, 5.74) is 21.5. The molecule has 0 spiro atoms. The second kappa shape index (κ2) is 23.0. The molecule has 0 radical (unpaired) electrons. The van der Waals surface area contributed by atoms with Crippen molar-refractivity contribution >= 4 is 44.5 Å². The number of halogens is 1. The van der Waals surface area contributed by atoms with Crippen molar-refractivity contribution in [2.75, 3.05) is 121 Å². The minimum atomic E-state index is -4.41. The number of nitrogen functional groups attached to an aromatic ring is 3. The van der Waals surface area contributed by atoms with E-state index in [-0.39, 0.29) is 64.9 Å². The van der Waals surface area contributed by atoms with Gasteiger partial charge >= 0.3 is 0 Å². The van der Waals surface area contributed by atoms with Crippen molar-refractivity contribution < 1.29 is 69.0 Å². The number of hydrogen-bond acceptors (Lipinski definition) is 12. The van der Waals surface area contributed by atoms with E-state index >= 15 is 0 Å². The molecule has 15 nitrogen and oxygen atoms in total. The van der Waals surface area contributed by atoms with Crippen molar-refractivity contribution in [2.24, 2.45) is 0 Å². The smallest absolute Gasteiger partial charge is 0.292 e. The quantitative estimate of drug-likeness (QED) is 0.0429. The fourth-order valence-electron chi connectivity index (χ4n) is 4.28. The van der Waals surface area contributed by atoms with Crippen LogP contribution in [-0.2, 0) is 35.0 Å². The third-order valence-electron chi connectivity index (χ3n) is 7.04. The molecule has 4 rings (SSSR count). The van der Waals surface area contributed by atoms with Gasteiger partial charge in [0, 0.05) is 44.5 Å². The maximum atomic E-state index is 11.0. The summed E-state index contributed by atoms with van der Waals surface area (Å²) < 4.78 is 33.1. The molecule has 2 aromatic carbocycles. The number of nitrogens with zero attached hydrogens (tertiary/aromatic N) is 5. The first-order valence-electron chi connectivity index (χ1n) is 13.8. The molecule has 18 heteroatoms. The van der Waals surface area contributed by atoms with Gasteiger partial charge < -0.3 is 65.5 Å². The summed E-state index contributed by atoms with van der Waals surface area (Å²) in [5, 5.41) is 18.6. The average molecular weight is 803 g/mol. The molecule has 0 unspecified atom stereocenters. The molecule has 47 heavy (non-hydrogen) atoms. The van der Waals surface area contributed by atoms with Gasteiger partial charge in [-0.15, -0.1) is 0 Å². The molecule has 278 valence electrons. The maximum absolute atomic E-state index is 11.0. The number of likely N-dealkylation sites (N-methyl/N-ethyl adjacent to an activating group) is 2.